The molecule has 8 heteroatoms. The first-order valence-corrected chi connectivity index (χ1v) is 11.1. The molecule has 0 saturated heterocycles. The minimum atomic E-state index is -3.83. The van der Waals surface area contributed by atoms with Gasteiger partial charge in [-0.25, -0.2) is 17.4 Å². The van der Waals surface area contributed by atoms with Gasteiger partial charge in [-0.15, -0.1) is 0 Å². The first-order valence-electron chi connectivity index (χ1n) is 9.29. The summed E-state index contributed by atoms with van der Waals surface area (Å²) in [5, 5.41) is 1.58. The number of nitrogens with one attached hydrogen (secondary N) is 1. The molecule has 150 valence electrons. The Morgan fingerprint density at radius 3 is 2.43 bits per heavy atom. The highest BCUT2D eigenvalue weighted by molar-refractivity contribution is 7.90. The van der Waals surface area contributed by atoms with Gasteiger partial charge in [-0.2, -0.15) is 4.98 Å². The number of aryl methyl sites for hydroxylation is 2. The van der Waals surface area contributed by atoms with E-state index in [9.17, 15) is 8.42 Å². The Morgan fingerprint density at radius 2 is 1.67 bits per heavy atom. The van der Waals surface area contributed by atoms with Crippen molar-refractivity contribution in [3.63, 3.8) is 0 Å². The fourth-order valence-corrected chi connectivity index (χ4v) is 5.08. The maximum Gasteiger partial charge on any atom is 0.269 e. The average Bonchev–Trinajstić information content (AvgIpc) is 3.32. The molecular weight excluding hydrogens is 420 g/mol. The van der Waals surface area contributed by atoms with E-state index in [0.717, 1.165) is 31.6 Å². The highest BCUT2D eigenvalue weighted by Crippen LogP contribution is 2.34. The van der Waals surface area contributed by atoms with Crippen LogP contribution >= 0.6 is 11.6 Å². The van der Waals surface area contributed by atoms with Gasteiger partial charge in [0.1, 0.15) is 0 Å². The molecule has 5 aromatic rings. The van der Waals surface area contributed by atoms with E-state index in [2.05, 4.69) is 21.0 Å². The molecule has 3 aromatic heterocycles. The Labute approximate surface area is 178 Å². The third-order valence-electron chi connectivity index (χ3n) is 5.15. The van der Waals surface area contributed by atoms with Crippen molar-refractivity contribution in [2.24, 2.45) is 0 Å². The van der Waals surface area contributed by atoms with E-state index in [1.165, 1.54) is 6.20 Å². The fourth-order valence-electron chi connectivity index (χ4n) is 3.62. The highest BCUT2D eigenvalue weighted by Gasteiger charge is 2.23. The van der Waals surface area contributed by atoms with Gasteiger partial charge in [0.05, 0.1) is 10.6 Å². The van der Waals surface area contributed by atoms with Crippen LogP contribution < -0.4 is 0 Å². The Hall–Kier alpha value is -3.16. The molecule has 5 rings (SSSR count). The summed E-state index contributed by atoms with van der Waals surface area (Å²) in [5.74, 6) is 0. The second kappa shape index (κ2) is 6.68. The lowest BCUT2D eigenvalue weighted by Gasteiger charge is -2.08. The van der Waals surface area contributed by atoms with Gasteiger partial charge in [-0.3, -0.25) is 0 Å². The minimum absolute atomic E-state index is 0.0152. The number of halogens is 1. The molecule has 0 bridgehead atoms. The number of aromatic amines is 1. The van der Waals surface area contributed by atoms with Gasteiger partial charge in [0.2, 0.25) is 5.28 Å². The van der Waals surface area contributed by atoms with Gasteiger partial charge >= 0.3 is 0 Å². The summed E-state index contributed by atoms with van der Waals surface area (Å²) in [6.45, 7) is 3.92. The Balaban J connectivity index is 1.76. The molecule has 0 atom stereocenters. The molecule has 0 radical (unpaired) electrons. The van der Waals surface area contributed by atoms with Crippen LogP contribution in [0.25, 0.3) is 33.2 Å². The Kier molecular flexibility index (Phi) is 4.20. The maximum atomic E-state index is 13.2. The van der Waals surface area contributed by atoms with Gasteiger partial charge in [-0.1, -0.05) is 29.3 Å². The topological polar surface area (TPSA) is 80.6 Å². The summed E-state index contributed by atoms with van der Waals surface area (Å²) in [4.78, 5) is 12.1. The zero-order valence-corrected chi connectivity index (χ0v) is 17.8. The fraction of sp³-hybridized carbons (Fsp3) is 0.0909. The van der Waals surface area contributed by atoms with Crippen LogP contribution in [0.3, 0.4) is 0 Å². The normalized spacial score (nSPS) is 12.1. The Morgan fingerprint density at radius 1 is 0.933 bits per heavy atom. The summed E-state index contributed by atoms with van der Waals surface area (Å²) in [6.07, 6.45) is 3.35. The molecule has 6 nitrogen and oxygen atoms in total. The number of hydrogen-bond acceptors (Lipinski definition) is 4. The molecule has 0 aliphatic carbocycles. The summed E-state index contributed by atoms with van der Waals surface area (Å²) in [5.41, 5.74) is 4.72. The molecule has 30 heavy (non-hydrogen) atoms. The largest absolute Gasteiger partial charge is 0.360 e. The van der Waals surface area contributed by atoms with Crippen LogP contribution in [0, 0.1) is 13.8 Å². The van der Waals surface area contributed by atoms with Crippen LogP contribution in [0.15, 0.2) is 65.8 Å². The Bertz CT molecular complexity index is 1530. The molecule has 0 fully saturated rings. The molecule has 0 spiro atoms. The standard InChI is InChI=1S/C22H17ClN4O2S/c1-13-3-6-15(7-4-13)30(28,29)27-10-9-16-20(25-22(23)26-21(16)27)18-12-24-19-8-5-14(2)11-17(18)19/h3-12,24H,1-2H3. The van der Waals surface area contributed by atoms with Crippen molar-refractivity contribution in [2.75, 3.05) is 0 Å². The van der Waals surface area contributed by atoms with Gasteiger partial charge in [0.15, 0.2) is 5.65 Å². The molecule has 0 aliphatic heterocycles. The quantitative estimate of drug-likeness (QED) is 0.399. The number of aromatic nitrogens is 4. The van der Waals surface area contributed by atoms with Crippen molar-refractivity contribution in [1.29, 1.82) is 0 Å². The van der Waals surface area contributed by atoms with E-state index >= 15 is 0 Å². The molecule has 0 saturated carbocycles. The number of nitrogens with zero attached hydrogens (tertiary/aromatic N) is 3. The van der Waals surface area contributed by atoms with E-state index in [1.54, 1.807) is 30.3 Å². The van der Waals surface area contributed by atoms with Crippen molar-refractivity contribution >= 4 is 43.6 Å². The average molecular weight is 437 g/mol. The molecular formula is C22H17ClN4O2S. The first kappa shape index (κ1) is 18.8. The van der Waals surface area contributed by atoms with Crippen LogP contribution in [-0.4, -0.2) is 27.3 Å². The smallest absolute Gasteiger partial charge is 0.269 e. The minimum Gasteiger partial charge on any atom is -0.360 e. The second-order valence-electron chi connectivity index (χ2n) is 7.26. The van der Waals surface area contributed by atoms with Crippen molar-refractivity contribution in [3.05, 3.63) is 77.3 Å². The maximum absolute atomic E-state index is 13.2. The molecule has 0 amide bonds. The van der Waals surface area contributed by atoms with Crippen LogP contribution in [0.5, 0.6) is 0 Å². The van der Waals surface area contributed by atoms with E-state index in [4.69, 9.17) is 11.6 Å². The van der Waals surface area contributed by atoms with Crippen LogP contribution in [0.2, 0.25) is 5.28 Å². The van der Waals surface area contributed by atoms with E-state index in [-0.39, 0.29) is 15.8 Å². The van der Waals surface area contributed by atoms with Gasteiger partial charge in [-0.05, 0) is 55.8 Å². The summed E-state index contributed by atoms with van der Waals surface area (Å²) in [7, 11) is -3.83. The number of rotatable bonds is 3. The number of hydrogen-bond donors (Lipinski definition) is 1. The summed E-state index contributed by atoms with van der Waals surface area (Å²) in [6, 6.07) is 14.5. The predicted octanol–water partition coefficient (Wildman–Crippen LogP) is 5.09. The monoisotopic (exact) mass is 436 g/mol. The number of H-pyrrole nitrogens is 1. The van der Waals surface area contributed by atoms with Gasteiger partial charge in [0.25, 0.3) is 10.0 Å². The number of benzene rings is 2. The molecule has 2 aromatic carbocycles. The SMILES string of the molecule is Cc1ccc(S(=O)(=O)n2ccc3c(-c4c[nH]c5ccc(C)cc45)nc(Cl)nc32)cc1. The van der Waals surface area contributed by atoms with Gasteiger partial charge < -0.3 is 4.98 Å². The molecule has 0 aliphatic rings. The zero-order chi connectivity index (χ0) is 21.0. The lowest BCUT2D eigenvalue weighted by Crippen LogP contribution is -2.12. The van der Waals surface area contributed by atoms with Crippen molar-refractivity contribution in [2.45, 2.75) is 18.7 Å². The van der Waals surface area contributed by atoms with Crippen LogP contribution in [0.1, 0.15) is 11.1 Å². The van der Waals surface area contributed by atoms with E-state index in [0.29, 0.717) is 11.1 Å². The highest BCUT2D eigenvalue weighted by atomic mass is 35.5. The first-order chi connectivity index (χ1) is 14.3. The van der Waals surface area contributed by atoms with Crippen LogP contribution in [0.4, 0.5) is 0 Å². The van der Waals surface area contributed by atoms with E-state index < -0.39 is 10.0 Å². The lowest BCUT2D eigenvalue weighted by atomic mass is 10.1. The van der Waals surface area contributed by atoms with Crippen molar-refractivity contribution < 1.29 is 8.42 Å². The van der Waals surface area contributed by atoms with Crippen LogP contribution in [-0.2, 0) is 10.0 Å². The zero-order valence-electron chi connectivity index (χ0n) is 16.2. The summed E-state index contributed by atoms with van der Waals surface area (Å²) >= 11 is 6.23. The third kappa shape index (κ3) is 2.89. The predicted molar refractivity (Wildman–Crippen MR) is 118 cm³/mol. The van der Waals surface area contributed by atoms with E-state index in [1.807, 2.05) is 32.2 Å². The van der Waals surface area contributed by atoms with Crippen molar-refractivity contribution in [1.82, 2.24) is 18.9 Å². The summed E-state index contributed by atoms with van der Waals surface area (Å²) < 4.78 is 27.6. The van der Waals surface area contributed by atoms with Crippen molar-refractivity contribution in [3.8, 4) is 11.3 Å². The molecule has 3 heterocycles. The number of fused-ring (bicyclic) bond motifs is 2. The third-order valence-corrected chi connectivity index (χ3v) is 7.00. The second-order valence-corrected chi connectivity index (χ2v) is 9.41. The lowest BCUT2D eigenvalue weighted by molar-refractivity contribution is 0.588. The molecule has 1 N–H and O–H groups in total. The van der Waals surface area contributed by atoms with Gasteiger partial charge in [0, 0.05) is 34.2 Å². The molecule has 0 unspecified atom stereocenters.